The van der Waals surface area contributed by atoms with E-state index in [0.29, 0.717) is 6.54 Å². The molecule has 0 atom stereocenters. The van der Waals surface area contributed by atoms with Gasteiger partial charge in [0.25, 0.3) is 5.91 Å². The fourth-order valence-electron chi connectivity index (χ4n) is 1.87. The second kappa shape index (κ2) is 6.18. The first kappa shape index (κ1) is 14.0. The van der Waals surface area contributed by atoms with Crippen LogP contribution < -0.4 is 5.32 Å². The van der Waals surface area contributed by atoms with Crippen molar-refractivity contribution in [2.75, 3.05) is 6.54 Å². The van der Waals surface area contributed by atoms with Crippen LogP contribution in [0.1, 0.15) is 21.6 Å². The molecule has 2 aromatic rings. The summed E-state index contributed by atoms with van der Waals surface area (Å²) in [6.07, 6.45) is 2.55. The summed E-state index contributed by atoms with van der Waals surface area (Å²) in [6.45, 7) is 2.62. The van der Waals surface area contributed by atoms with Crippen LogP contribution >= 0.6 is 22.6 Å². The Morgan fingerprint density at radius 3 is 2.89 bits per heavy atom. The summed E-state index contributed by atoms with van der Waals surface area (Å²) in [7, 11) is 1.90. The summed E-state index contributed by atoms with van der Waals surface area (Å²) >= 11 is 2.21. The van der Waals surface area contributed by atoms with E-state index < -0.39 is 0 Å². The predicted molar refractivity (Wildman–Crippen MR) is 83.1 cm³/mol. The van der Waals surface area contributed by atoms with Gasteiger partial charge in [0.05, 0.1) is 5.56 Å². The van der Waals surface area contributed by atoms with Crippen LogP contribution in [0.15, 0.2) is 30.5 Å². The van der Waals surface area contributed by atoms with Gasteiger partial charge in [0, 0.05) is 35.5 Å². The van der Waals surface area contributed by atoms with Crippen LogP contribution in [0.25, 0.3) is 0 Å². The van der Waals surface area contributed by atoms with Crippen molar-refractivity contribution >= 4 is 28.5 Å². The summed E-state index contributed by atoms with van der Waals surface area (Å²) < 4.78 is 2.83. The fraction of sp³-hybridized carbons (Fsp3) is 0.286. The minimum absolute atomic E-state index is 0.0183. The zero-order valence-electron chi connectivity index (χ0n) is 11.0. The highest BCUT2D eigenvalue weighted by molar-refractivity contribution is 14.1. The molecule has 0 unspecified atom stereocenters. The van der Waals surface area contributed by atoms with E-state index >= 15 is 0 Å². The lowest BCUT2D eigenvalue weighted by Crippen LogP contribution is -2.27. The van der Waals surface area contributed by atoms with E-state index in [1.807, 2.05) is 42.9 Å². The van der Waals surface area contributed by atoms with Crippen molar-refractivity contribution in [1.29, 1.82) is 0 Å². The molecule has 0 aliphatic rings. The van der Waals surface area contributed by atoms with E-state index in [1.165, 1.54) is 0 Å². The Labute approximate surface area is 126 Å². The Balaban J connectivity index is 1.95. The van der Waals surface area contributed by atoms with Crippen LogP contribution in [0.4, 0.5) is 0 Å². The lowest BCUT2D eigenvalue weighted by atomic mass is 10.1. The van der Waals surface area contributed by atoms with E-state index in [-0.39, 0.29) is 5.91 Å². The Bertz CT molecular complexity index is 592. The van der Waals surface area contributed by atoms with Gasteiger partial charge in [-0.3, -0.25) is 9.48 Å². The molecule has 0 saturated heterocycles. The molecule has 0 spiro atoms. The Morgan fingerprint density at radius 2 is 2.21 bits per heavy atom. The normalized spacial score (nSPS) is 10.5. The predicted octanol–water partition coefficient (Wildman–Crippen LogP) is 2.31. The molecule has 4 nitrogen and oxygen atoms in total. The molecule has 100 valence electrons. The molecule has 1 amide bonds. The second-order valence-electron chi connectivity index (χ2n) is 4.39. The Hall–Kier alpha value is -1.37. The van der Waals surface area contributed by atoms with Crippen LogP contribution in [-0.4, -0.2) is 22.2 Å². The van der Waals surface area contributed by atoms with Gasteiger partial charge in [-0.2, -0.15) is 5.10 Å². The molecule has 1 aromatic heterocycles. The van der Waals surface area contributed by atoms with Gasteiger partial charge in [0.2, 0.25) is 0 Å². The third kappa shape index (κ3) is 3.34. The van der Waals surface area contributed by atoms with Crippen molar-refractivity contribution in [3.63, 3.8) is 0 Å². The minimum atomic E-state index is -0.0183. The van der Waals surface area contributed by atoms with Gasteiger partial charge in [-0.05, 0) is 47.2 Å². The molecule has 0 saturated carbocycles. The number of aryl methyl sites for hydroxylation is 2. The molecule has 0 radical (unpaired) electrons. The van der Waals surface area contributed by atoms with Gasteiger partial charge >= 0.3 is 0 Å². The minimum Gasteiger partial charge on any atom is -0.352 e. The maximum atomic E-state index is 12.1. The molecule has 19 heavy (non-hydrogen) atoms. The summed E-state index contributed by atoms with van der Waals surface area (Å²) in [5, 5.41) is 7.05. The number of carbonyl (C=O) groups is 1. The zero-order chi connectivity index (χ0) is 13.8. The van der Waals surface area contributed by atoms with Gasteiger partial charge in [0.15, 0.2) is 0 Å². The number of hydrogen-bond acceptors (Lipinski definition) is 2. The number of nitrogens with zero attached hydrogens (tertiary/aromatic N) is 2. The summed E-state index contributed by atoms with van der Waals surface area (Å²) in [5.74, 6) is -0.0183. The van der Waals surface area contributed by atoms with E-state index in [4.69, 9.17) is 0 Å². The standard InChI is InChI=1S/C14H16IN3O/c1-10-4-3-5-12(13(10)15)14(19)16-8-6-11-7-9-17-18(11)2/h3-5,7,9H,6,8H2,1-2H3,(H,16,19). The van der Waals surface area contributed by atoms with E-state index in [2.05, 4.69) is 33.0 Å². The van der Waals surface area contributed by atoms with Crippen molar-refractivity contribution in [3.05, 3.63) is 50.9 Å². The molecule has 0 aliphatic carbocycles. The topological polar surface area (TPSA) is 46.9 Å². The molecule has 1 N–H and O–H groups in total. The van der Waals surface area contributed by atoms with Gasteiger partial charge in [-0.15, -0.1) is 0 Å². The van der Waals surface area contributed by atoms with Crippen molar-refractivity contribution < 1.29 is 4.79 Å². The van der Waals surface area contributed by atoms with Crippen molar-refractivity contribution in [1.82, 2.24) is 15.1 Å². The third-order valence-corrected chi connectivity index (χ3v) is 4.46. The molecule has 0 bridgehead atoms. The summed E-state index contributed by atoms with van der Waals surface area (Å²) in [4.78, 5) is 12.1. The molecule has 0 fully saturated rings. The number of nitrogens with one attached hydrogen (secondary N) is 1. The van der Waals surface area contributed by atoms with Crippen LogP contribution in [-0.2, 0) is 13.5 Å². The summed E-state index contributed by atoms with van der Waals surface area (Å²) in [6, 6.07) is 7.73. The number of halogens is 1. The monoisotopic (exact) mass is 369 g/mol. The van der Waals surface area contributed by atoms with Gasteiger partial charge < -0.3 is 5.32 Å². The number of aromatic nitrogens is 2. The molecule has 2 rings (SSSR count). The highest BCUT2D eigenvalue weighted by Gasteiger charge is 2.10. The van der Waals surface area contributed by atoms with Crippen LogP contribution in [0.5, 0.6) is 0 Å². The third-order valence-electron chi connectivity index (χ3n) is 3.03. The molecule has 0 aliphatic heterocycles. The number of carbonyl (C=O) groups excluding carboxylic acids is 1. The van der Waals surface area contributed by atoms with E-state index in [0.717, 1.165) is 26.8 Å². The Morgan fingerprint density at radius 1 is 1.42 bits per heavy atom. The Kier molecular flexibility index (Phi) is 4.57. The zero-order valence-corrected chi connectivity index (χ0v) is 13.1. The number of hydrogen-bond donors (Lipinski definition) is 1. The lowest BCUT2D eigenvalue weighted by Gasteiger charge is -2.08. The van der Waals surface area contributed by atoms with Crippen molar-refractivity contribution in [2.45, 2.75) is 13.3 Å². The fourth-order valence-corrected chi connectivity index (χ4v) is 2.47. The van der Waals surface area contributed by atoms with Crippen LogP contribution in [0.2, 0.25) is 0 Å². The molecular formula is C14H16IN3O. The largest absolute Gasteiger partial charge is 0.352 e. The molecule has 1 aromatic carbocycles. The number of amides is 1. The average molecular weight is 369 g/mol. The quantitative estimate of drug-likeness (QED) is 0.841. The van der Waals surface area contributed by atoms with Gasteiger partial charge in [0.1, 0.15) is 0 Å². The van der Waals surface area contributed by atoms with E-state index in [1.54, 1.807) is 6.20 Å². The first-order valence-corrected chi connectivity index (χ1v) is 7.17. The smallest absolute Gasteiger partial charge is 0.252 e. The molecule has 1 heterocycles. The van der Waals surface area contributed by atoms with Gasteiger partial charge in [-0.25, -0.2) is 0 Å². The first-order valence-electron chi connectivity index (χ1n) is 6.10. The van der Waals surface area contributed by atoms with Gasteiger partial charge in [-0.1, -0.05) is 12.1 Å². The average Bonchev–Trinajstić information content (AvgIpc) is 2.78. The first-order chi connectivity index (χ1) is 9.09. The maximum Gasteiger partial charge on any atom is 0.252 e. The SMILES string of the molecule is Cc1cccc(C(=O)NCCc2ccnn2C)c1I. The number of rotatable bonds is 4. The van der Waals surface area contributed by atoms with Crippen LogP contribution in [0, 0.1) is 10.5 Å². The highest BCUT2D eigenvalue weighted by Crippen LogP contribution is 2.16. The second-order valence-corrected chi connectivity index (χ2v) is 5.47. The lowest BCUT2D eigenvalue weighted by molar-refractivity contribution is 0.0953. The maximum absolute atomic E-state index is 12.1. The van der Waals surface area contributed by atoms with Crippen molar-refractivity contribution in [3.8, 4) is 0 Å². The highest BCUT2D eigenvalue weighted by atomic mass is 127. The van der Waals surface area contributed by atoms with E-state index in [9.17, 15) is 4.79 Å². The summed E-state index contributed by atoms with van der Waals surface area (Å²) in [5.41, 5.74) is 2.98. The molecular weight excluding hydrogens is 353 g/mol. The molecule has 5 heteroatoms. The number of benzene rings is 1. The van der Waals surface area contributed by atoms with Crippen molar-refractivity contribution in [2.24, 2.45) is 7.05 Å². The van der Waals surface area contributed by atoms with Crippen LogP contribution in [0.3, 0.4) is 0 Å².